The molecule has 0 saturated heterocycles. The van der Waals surface area contributed by atoms with Crippen molar-refractivity contribution in [1.82, 2.24) is 15.1 Å². The van der Waals surface area contributed by atoms with Gasteiger partial charge in [0.25, 0.3) is 0 Å². The maximum Gasteiger partial charge on any atom is 0.407 e. The number of hydrogen-bond acceptors (Lipinski definition) is 6. The lowest BCUT2D eigenvalue weighted by atomic mass is 10.0. The predicted octanol–water partition coefficient (Wildman–Crippen LogP) is 0.713. The molecule has 1 amide bonds. The average Bonchev–Trinajstić information content (AvgIpc) is 2.92. The van der Waals surface area contributed by atoms with E-state index < -0.39 is 18.3 Å². The number of hydrogen-bond donors (Lipinski definition) is 4. The number of rotatable bonds is 7. The Hall–Kier alpha value is -2.58. The number of benzene rings is 1. The molecule has 2 rings (SSSR count). The SMILES string of the molecule is Cn1ncc(C(O)C(O)CCNC(=O)OCc2ccccc2)c1N. The first-order valence-electron chi connectivity index (χ1n) is 7.57. The zero-order valence-corrected chi connectivity index (χ0v) is 13.4. The standard InChI is InChI=1S/C16H22N4O4/c1-20-15(17)12(9-19-20)14(22)13(21)7-8-18-16(23)24-10-11-5-3-2-4-6-11/h2-6,9,13-14,21-22H,7-8,10,17H2,1H3,(H,18,23). The maximum atomic E-state index is 11.6. The number of nitrogens with zero attached hydrogens (tertiary/aromatic N) is 2. The Labute approximate surface area is 139 Å². The van der Waals surface area contributed by atoms with E-state index in [-0.39, 0.29) is 25.4 Å². The van der Waals surface area contributed by atoms with Gasteiger partial charge in [-0.2, -0.15) is 5.10 Å². The van der Waals surface area contributed by atoms with Crippen LogP contribution in [0.2, 0.25) is 0 Å². The maximum absolute atomic E-state index is 11.6. The summed E-state index contributed by atoms with van der Waals surface area (Å²) in [4.78, 5) is 11.6. The molecule has 1 heterocycles. The van der Waals surface area contributed by atoms with E-state index in [0.29, 0.717) is 5.56 Å². The summed E-state index contributed by atoms with van der Waals surface area (Å²) < 4.78 is 6.46. The molecule has 2 atom stereocenters. The van der Waals surface area contributed by atoms with Gasteiger partial charge in [-0.25, -0.2) is 4.79 Å². The van der Waals surface area contributed by atoms with Crippen LogP contribution in [0.3, 0.4) is 0 Å². The minimum atomic E-state index is -1.17. The molecule has 0 spiro atoms. The lowest BCUT2D eigenvalue weighted by Crippen LogP contribution is -2.30. The highest BCUT2D eigenvalue weighted by Crippen LogP contribution is 2.23. The second-order valence-corrected chi connectivity index (χ2v) is 5.40. The van der Waals surface area contributed by atoms with Gasteiger partial charge in [0.1, 0.15) is 18.5 Å². The van der Waals surface area contributed by atoms with Crippen LogP contribution >= 0.6 is 0 Å². The molecule has 5 N–H and O–H groups in total. The Bertz CT molecular complexity index is 659. The number of aliphatic hydroxyl groups excluding tert-OH is 2. The molecule has 8 nitrogen and oxygen atoms in total. The van der Waals surface area contributed by atoms with Gasteiger partial charge in [-0.05, 0) is 12.0 Å². The lowest BCUT2D eigenvalue weighted by Gasteiger charge is -2.17. The minimum Gasteiger partial charge on any atom is -0.445 e. The van der Waals surface area contributed by atoms with Gasteiger partial charge in [0.15, 0.2) is 0 Å². The molecule has 1 aromatic carbocycles. The van der Waals surface area contributed by atoms with Crippen molar-refractivity contribution in [3.05, 3.63) is 47.7 Å². The summed E-state index contributed by atoms with van der Waals surface area (Å²) in [6.45, 7) is 0.329. The number of anilines is 1. The third-order valence-corrected chi connectivity index (χ3v) is 3.62. The largest absolute Gasteiger partial charge is 0.445 e. The van der Waals surface area contributed by atoms with Gasteiger partial charge >= 0.3 is 6.09 Å². The van der Waals surface area contributed by atoms with Crippen molar-refractivity contribution in [3.8, 4) is 0 Å². The number of alkyl carbamates (subject to hydrolysis) is 1. The van der Waals surface area contributed by atoms with Gasteiger partial charge < -0.3 is 26.0 Å². The minimum absolute atomic E-state index is 0.149. The first kappa shape index (κ1) is 17.8. The Balaban J connectivity index is 1.71. The van der Waals surface area contributed by atoms with Crippen molar-refractivity contribution in [2.75, 3.05) is 12.3 Å². The van der Waals surface area contributed by atoms with Crippen LogP contribution in [0.4, 0.5) is 10.6 Å². The summed E-state index contributed by atoms with van der Waals surface area (Å²) in [7, 11) is 1.64. The highest BCUT2D eigenvalue weighted by Gasteiger charge is 2.22. The summed E-state index contributed by atoms with van der Waals surface area (Å²) in [5.74, 6) is 0.289. The number of aryl methyl sites for hydroxylation is 1. The van der Waals surface area contributed by atoms with E-state index >= 15 is 0 Å². The van der Waals surface area contributed by atoms with Crippen LogP contribution in [-0.2, 0) is 18.4 Å². The molecule has 0 aliphatic carbocycles. The molecule has 0 radical (unpaired) electrons. The van der Waals surface area contributed by atoms with Gasteiger partial charge in [0, 0.05) is 19.2 Å². The number of amides is 1. The lowest BCUT2D eigenvalue weighted by molar-refractivity contribution is 0.0140. The predicted molar refractivity (Wildman–Crippen MR) is 87.8 cm³/mol. The topological polar surface area (TPSA) is 123 Å². The Kier molecular flexibility index (Phi) is 6.16. The number of nitrogens with two attached hydrogens (primary N) is 1. The summed E-state index contributed by atoms with van der Waals surface area (Å²) in [6, 6.07) is 9.31. The second-order valence-electron chi connectivity index (χ2n) is 5.40. The molecule has 2 aromatic rings. The normalized spacial score (nSPS) is 13.3. The van der Waals surface area contributed by atoms with Crippen LogP contribution in [0.15, 0.2) is 36.5 Å². The van der Waals surface area contributed by atoms with Crippen LogP contribution in [0.5, 0.6) is 0 Å². The van der Waals surface area contributed by atoms with Gasteiger partial charge in [-0.15, -0.1) is 0 Å². The molecule has 24 heavy (non-hydrogen) atoms. The number of carbonyl (C=O) groups excluding carboxylic acids is 1. The fraction of sp³-hybridized carbons (Fsp3) is 0.375. The Morgan fingerprint density at radius 3 is 2.71 bits per heavy atom. The van der Waals surface area contributed by atoms with Crippen LogP contribution in [0, 0.1) is 0 Å². The molecule has 130 valence electrons. The fourth-order valence-corrected chi connectivity index (χ4v) is 2.15. The molecule has 8 heteroatoms. The highest BCUT2D eigenvalue weighted by molar-refractivity contribution is 5.67. The molecule has 0 saturated carbocycles. The zero-order chi connectivity index (χ0) is 17.5. The number of nitrogens with one attached hydrogen (secondary N) is 1. The molecule has 0 aliphatic rings. The van der Waals surface area contributed by atoms with Crippen LogP contribution in [0.1, 0.15) is 23.7 Å². The monoisotopic (exact) mass is 334 g/mol. The molecular weight excluding hydrogens is 312 g/mol. The molecule has 0 bridgehead atoms. The van der Waals surface area contributed by atoms with Crippen LogP contribution in [-0.4, -0.2) is 38.7 Å². The molecule has 2 unspecified atom stereocenters. The summed E-state index contributed by atoms with van der Waals surface area (Å²) in [5.41, 5.74) is 7.00. The molecule has 0 fully saturated rings. The molecule has 1 aromatic heterocycles. The van der Waals surface area contributed by atoms with Crippen LogP contribution in [0.25, 0.3) is 0 Å². The second kappa shape index (κ2) is 8.32. The number of nitrogen functional groups attached to an aromatic ring is 1. The van der Waals surface area contributed by atoms with E-state index in [1.807, 2.05) is 30.3 Å². The summed E-state index contributed by atoms with van der Waals surface area (Å²) >= 11 is 0. The van der Waals surface area contributed by atoms with E-state index in [0.717, 1.165) is 5.56 Å². The van der Waals surface area contributed by atoms with Crippen molar-refractivity contribution < 1.29 is 19.7 Å². The number of ether oxygens (including phenoxy) is 1. The average molecular weight is 334 g/mol. The number of aliphatic hydroxyl groups is 2. The van der Waals surface area contributed by atoms with E-state index in [1.165, 1.54) is 10.9 Å². The third-order valence-electron chi connectivity index (χ3n) is 3.62. The van der Waals surface area contributed by atoms with Gasteiger partial charge in [0.05, 0.1) is 12.3 Å². The summed E-state index contributed by atoms with van der Waals surface area (Å²) in [6.07, 6.45) is -1.27. The van der Waals surface area contributed by atoms with Crippen LogP contribution < -0.4 is 11.1 Å². The van der Waals surface area contributed by atoms with Gasteiger partial charge in [-0.1, -0.05) is 30.3 Å². The highest BCUT2D eigenvalue weighted by atomic mass is 16.5. The Morgan fingerprint density at radius 2 is 2.08 bits per heavy atom. The first-order valence-corrected chi connectivity index (χ1v) is 7.57. The van der Waals surface area contributed by atoms with Gasteiger partial charge in [0.2, 0.25) is 0 Å². The van der Waals surface area contributed by atoms with Crippen molar-refractivity contribution in [2.24, 2.45) is 7.05 Å². The smallest absolute Gasteiger partial charge is 0.407 e. The van der Waals surface area contributed by atoms with E-state index in [1.54, 1.807) is 7.05 Å². The number of aromatic nitrogens is 2. The molecular formula is C16H22N4O4. The van der Waals surface area contributed by atoms with Crippen molar-refractivity contribution in [2.45, 2.75) is 25.2 Å². The quantitative estimate of drug-likeness (QED) is 0.591. The number of carbonyl (C=O) groups is 1. The zero-order valence-electron chi connectivity index (χ0n) is 13.4. The Morgan fingerprint density at radius 1 is 1.38 bits per heavy atom. The van der Waals surface area contributed by atoms with Crippen molar-refractivity contribution in [3.63, 3.8) is 0 Å². The van der Waals surface area contributed by atoms with Crippen molar-refractivity contribution in [1.29, 1.82) is 0 Å². The fourth-order valence-electron chi connectivity index (χ4n) is 2.15. The van der Waals surface area contributed by atoms with E-state index in [2.05, 4.69) is 10.4 Å². The van der Waals surface area contributed by atoms with Gasteiger partial charge in [-0.3, -0.25) is 4.68 Å². The van der Waals surface area contributed by atoms with Crippen molar-refractivity contribution >= 4 is 11.9 Å². The summed E-state index contributed by atoms with van der Waals surface area (Å²) in [5, 5.41) is 26.5. The van der Waals surface area contributed by atoms with E-state index in [9.17, 15) is 15.0 Å². The third kappa shape index (κ3) is 4.71. The first-order chi connectivity index (χ1) is 11.5. The molecule has 0 aliphatic heterocycles. The van der Waals surface area contributed by atoms with E-state index in [4.69, 9.17) is 10.5 Å².